The summed E-state index contributed by atoms with van der Waals surface area (Å²) in [5.74, 6) is 0. The van der Waals surface area contributed by atoms with Crippen LogP contribution >= 0.6 is 0 Å². The van der Waals surface area contributed by atoms with Crippen molar-refractivity contribution in [3.63, 3.8) is 0 Å². The predicted octanol–water partition coefficient (Wildman–Crippen LogP) is 17.3. The zero-order valence-electron chi connectivity index (χ0n) is 47.5. The van der Waals surface area contributed by atoms with Gasteiger partial charge in [0.2, 0.25) is 6.71 Å². The quantitative estimate of drug-likeness (QED) is 0.126. The third kappa shape index (κ3) is 7.97. The van der Waals surface area contributed by atoms with Crippen LogP contribution in [0.1, 0.15) is 19.3 Å². The summed E-state index contributed by atoms with van der Waals surface area (Å²) < 4.78 is 0. The molecule has 0 amide bonds. The summed E-state index contributed by atoms with van der Waals surface area (Å²) in [6.45, 7) is -0.165. The number of para-hydroxylation sites is 9. The lowest BCUT2D eigenvalue weighted by molar-refractivity contribution is 0.724. The van der Waals surface area contributed by atoms with Crippen LogP contribution in [0.15, 0.2) is 332 Å². The molecular weight excluding hydrogens is 1040 g/mol. The lowest BCUT2D eigenvalue weighted by Crippen LogP contribution is -2.63. The van der Waals surface area contributed by atoms with Crippen LogP contribution in [0.5, 0.6) is 0 Å². The number of rotatable bonds is 10. The largest absolute Gasteiger partial charge is 0.335 e. The highest BCUT2D eigenvalue weighted by molar-refractivity contribution is 6.98. The van der Waals surface area contributed by atoms with Crippen molar-refractivity contribution in [3.8, 4) is 0 Å². The molecule has 11 aromatic carbocycles. The van der Waals surface area contributed by atoms with Crippen molar-refractivity contribution in [2.45, 2.75) is 25.3 Å². The fourth-order valence-electron chi connectivity index (χ4n) is 14.9. The van der Waals surface area contributed by atoms with E-state index in [2.05, 4.69) is 339 Å². The number of allylic oxidation sites excluding steroid dienone is 5. The first-order valence-corrected chi connectivity index (χ1v) is 30.2. The Labute approximate surface area is 504 Å². The van der Waals surface area contributed by atoms with Crippen molar-refractivity contribution in [2.24, 2.45) is 0 Å². The predicted molar refractivity (Wildman–Crippen MR) is 363 cm³/mol. The van der Waals surface area contributed by atoms with Crippen molar-refractivity contribution in [3.05, 3.63) is 332 Å². The molecule has 0 saturated carbocycles. The Kier molecular flexibility index (Phi) is 11.9. The molecule has 17 rings (SSSR count). The first-order chi connectivity index (χ1) is 42.7. The monoisotopic (exact) mass is 1100 g/mol. The van der Waals surface area contributed by atoms with Gasteiger partial charge in [-0.1, -0.05) is 187 Å². The van der Waals surface area contributed by atoms with E-state index in [4.69, 9.17) is 0 Å². The summed E-state index contributed by atoms with van der Waals surface area (Å²) in [5.41, 5.74) is 27.6. The van der Waals surface area contributed by atoms with Gasteiger partial charge in [-0.3, -0.25) is 0 Å². The van der Waals surface area contributed by atoms with Gasteiger partial charge in [-0.25, -0.2) is 0 Å². The highest BCUT2D eigenvalue weighted by Gasteiger charge is 2.53. The van der Waals surface area contributed by atoms with Gasteiger partial charge in [0.25, 0.3) is 6.71 Å². The Balaban J connectivity index is 0.970. The van der Waals surface area contributed by atoms with Crippen molar-refractivity contribution in [1.82, 2.24) is 0 Å². The Hall–Kier alpha value is -10.7. The molecule has 4 aliphatic heterocycles. The van der Waals surface area contributed by atoms with E-state index in [-0.39, 0.29) is 19.5 Å². The van der Waals surface area contributed by atoms with Gasteiger partial charge in [-0.15, -0.1) is 0 Å². The van der Waals surface area contributed by atoms with E-state index in [0.29, 0.717) is 0 Å². The highest BCUT2D eigenvalue weighted by Crippen LogP contribution is 2.54. The maximum absolute atomic E-state index is 2.72. The molecule has 0 bridgehead atoms. The van der Waals surface area contributed by atoms with Crippen molar-refractivity contribution in [2.75, 3.05) is 29.4 Å². The average Bonchev–Trinajstić information content (AvgIpc) is 0.717. The summed E-state index contributed by atoms with van der Waals surface area (Å²) in [6, 6.07) is 105. The van der Waals surface area contributed by atoms with E-state index < -0.39 is 0 Å². The molecule has 1 unspecified atom stereocenters. The topological polar surface area (TPSA) is 19.4 Å². The third-order valence-electron chi connectivity index (χ3n) is 18.3. The van der Waals surface area contributed by atoms with Crippen LogP contribution in [0.2, 0.25) is 0 Å². The van der Waals surface area contributed by atoms with Gasteiger partial charge >= 0.3 is 0 Å². The van der Waals surface area contributed by atoms with Gasteiger partial charge in [0, 0.05) is 91.8 Å². The first kappa shape index (κ1) is 49.9. The fraction of sp³-hybridized carbons (Fsp3) is 0.0513. The number of benzene rings is 11. The number of hydrogen-bond donors (Lipinski definition) is 0. The molecule has 0 fully saturated rings. The molecular formula is C78H58B2N6. The molecule has 0 N–H and O–H groups in total. The van der Waals surface area contributed by atoms with E-state index in [1.807, 2.05) is 0 Å². The summed E-state index contributed by atoms with van der Waals surface area (Å²) in [4.78, 5) is 15.4. The van der Waals surface area contributed by atoms with Crippen LogP contribution in [0.25, 0.3) is 0 Å². The molecule has 6 aliphatic rings. The molecule has 11 aromatic rings. The molecule has 86 heavy (non-hydrogen) atoms. The van der Waals surface area contributed by atoms with Crippen LogP contribution in [-0.2, 0) is 0 Å². The van der Waals surface area contributed by atoms with Crippen molar-refractivity contribution in [1.29, 1.82) is 0 Å². The van der Waals surface area contributed by atoms with E-state index >= 15 is 0 Å². The number of nitrogens with zero attached hydrogens (tertiary/aromatic N) is 6. The standard InChI is InChI=1S/C78H58B2N6/c1-9-29-55(30-10-1)81(56-31-11-2-12-32-56)63-49-73-77-75(51-63)85(61-41-21-7-22-42-61)71-54-72-68(53-67(71)79(77)65-45-25-27-47-69(65)83(73)59-37-17-5-18-38-59)80-66-46-26-28-48-70(66)84(60-39-19-6-20-40-60)74-50-64(52-76(78(74)80)86(72)62-43-23-8-24-44-62)82(57-33-13-3-14-34-57)58-35-15-4-16-36-58/h1-3,5-15,17-53,72H,4,16,54H2. The van der Waals surface area contributed by atoms with Gasteiger partial charge in [0.05, 0.1) is 17.4 Å². The number of fused-ring (bicyclic) bond motifs is 7. The lowest BCUT2D eigenvalue weighted by atomic mass is 9.28. The summed E-state index contributed by atoms with van der Waals surface area (Å²) >= 11 is 0. The second kappa shape index (κ2) is 20.6. The first-order valence-electron chi connectivity index (χ1n) is 30.2. The zero-order chi connectivity index (χ0) is 56.7. The van der Waals surface area contributed by atoms with Crippen LogP contribution in [0, 0.1) is 0 Å². The second-order valence-corrected chi connectivity index (χ2v) is 23.0. The Morgan fingerprint density at radius 2 is 0.756 bits per heavy atom. The summed E-state index contributed by atoms with van der Waals surface area (Å²) in [7, 11) is 0. The summed E-state index contributed by atoms with van der Waals surface area (Å²) in [5, 5.41) is 0. The van der Waals surface area contributed by atoms with Gasteiger partial charge < -0.3 is 29.4 Å². The van der Waals surface area contributed by atoms with Gasteiger partial charge in [0.1, 0.15) is 0 Å². The lowest BCUT2D eigenvalue weighted by Gasteiger charge is -2.53. The number of hydrogen-bond acceptors (Lipinski definition) is 6. The smallest absolute Gasteiger partial charge is 0.251 e. The molecule has 8 heteroatoms. The maximum atomic E-state index is 2.72. The molecule has 0 spiro atoms. The third-order valence-corrected chi connectivity index (χ3v) is 18.3. The molecule has 4 heterocycles. The minimum absolute atomic E-state index is 0.0680. The second-order valence-electron chi connectivity index (χ2n) is 23.0. The molecule has 0 radical (unpaired) electrons. The normalized spacial score (nSPS) is 15.8. The molecule has 6 nitrogen and oxygen atoms in total. The Morgan fingerprint density at radius 1 is 0.349 bits per heavy atom. The van der Waals surface area contributed by atoms with E-state index in [1.54, 1.807) is 0 Å². The highest BCUT2D eigenvalue weighted by atomic mass is 15.2. The van der Waals surface area contributed by atoms with Crippen LogP contribution in [0.4, 0.5) is 85.3 Å². The molecule has 2 aliphatic carbocycles. The molecule has 0 saturated heterocycles. The van der Waals surface area contributed by atoms with Gasteiger partial charge in [-0.05, 0) is 168 Å². The van der Waals surface area contributed by atoms with E-state index in [9.17, 15) is 0 Å². The Morgan fingerprint density at radius 3 is 1.27 bits per heavy atom. The molecule has 406 valence electrons. The van der Waals surface area contributed by atoms with Gasteiger partial charge in [-0.2, -0.15) is 0 Å². The SMILES string of the molecule is C1=CC(N(c2ccccc2)c2cc3c4c(c2)N(c2ccccc2)C2CC5=C(C=C2B4c2ccccc2N3c2ccccc2)B2c3ccccc3N(c3ccccc3)c3cc(N(c4ccccc4)c4ccccc4)cc(c32)N5c2ccccc2)=CCC1. The van der Waals surface area contributed by atoms with E-state index in [1.165, 1.54) is 78.3 Å². The zero-order valence-corrected chi connectivity index (χ0v) is 47.5. The maximum Gasteiger partial charge on any atom is 0.251 e. The fourth-order valence-corrected chi connectivity index (χ4v) is 14.9. The minimum Gasteiger partial charge on any atom is -0.335 e. The average molecular weight is 1100 g/mol. The van der Waals surface area contributed by atoms with Crippen LogP contribution in [-0.4, -0.2) is 19.5 Å². The molecule has 0 aromatic heterocycles. The van der Waals surface area contributed by atoms with E-state index in [0.717, 1.165) is 70.4 Å². The number of anilines is 15. The van der Waals surface area contributed by atoms with Crippen molar-refractivity contribution < 1.29 is 0 Å². The van der Waals surface area contributed by atoms with Gasteiger partial charge in [0.15, 0.2) is 0 Å². The molecule has 1 atom stereocenters. The van der Waals surface area contributed by atoms with Crippen LogP contribution in [0.3, 0.4) is 0 Å². The van der Waals surface area contributed by atoms with Crippen LogP contribution < -0.4 is 51.3 Å². The summed E-state index contributed by atoms with van der Waals surface area (Å²) in [6.07, 6.45) is 12.5. The minimum atomic E-state index is -0.0974. The van der Waals surface area contributed by atoms with Crippen molar-refractivity contribution >= 4 is 121 Å². The Bertz CT molecular complexity index is 4500.